The maximum absolute atomic E-state index is 5.51. The van der Waals surface area contributed by atoms with Crippen molar-refractivity contribution in [3.63, 3.8) is 0 Å². The van der Waals surface area contributed by atoms with Gasteiger partial charge in [0.15, 0.2) is 0 Å². The van der Waals surface area contributed by atoms with Crippen LogP contribution in [0.15, 0.2) is 29.6 Å². The molecule has 0 aliphatic heterocycles. The minimum Gasteiger partial charge on any atom is -0.497 e. The first-order valence-corrected chi connectivity index (χ1v) is 6.46. The van der Waals surface area contributed by atoms with Crippen molar-refractivity contribution in [2.75, 3.05) is 13.7 Å². The second kappa shape index (κ2) is 5.80. The lowest BCUT2D eigenvalue weighted by Gasteiger charge is -2.01. The number of thiazole rings is 1. The Kier molecular flexibility index (Phi) is 4.12. The molecule has 0 spiro atoms. The van der Waals surface area contributed by atoms with Crippen LogP contribution < -0.4 is 10.5 Å². The van der Waals surface area contributed by atoms with E-state index in [-0.39, 0.29) is 0 Å². The van der Waals surface area contributed by atoms with Gasteiger partial charge in [-0.15, -0.1) is 11.3 Å². The van der Waals surface area contributed by atoms with Crippen molar-refractivity contribution in [1.29, 1.82) is 0 Å². The van der Waals surface area contributed by atoms with Gasteiger partial charge in [0.1, 0.15) is 5.75 Å². The molecule has 0 saturated carbocycles. The number of hydrogen-bond donors (Lipinski definition) is 1. The van der Waals surface area contributed by atoms with Crippen molar-refractivity contribution >= 4 is 11.3 Å². The van der Waals surface area contributed by atoms with Crippen molar-refractivity contribution in [1.82, 2.24) is 4.98 Å². The molecule has 0 fully saturated rings. The number of nitrogens with two attached hydrogens (primary N) is 1. The smallest absolute Gasteiger partial charge is 0.118 e. The summed E-state index contributed by atoms with van der Waals surface area (Å²) in [5, 5.41) is 3.23. The number of ether oxygens (including phenoxy) is 1. The van der Waals surface area contributed by atoms with Crippen LogP contribution in [0.1, 0.15) is 16.3 Å². The SMILES string of the molecule is COc1ccc(Cc2nc(CCN)cs2)cc1. The summed E-state index contributed by atoms with van der Waals surface area (Å²) in [7, 11) is 1.68. The van der Waals surface area contributed by atoms with E-state index in [1.165, 1.54) is 5.56 Å². The minimum absolute atomic E-state index is 0.658. The fourth-order valence-electron chi connectivity index (χ4n) is 1.61. The number of rotatable bonds is 5. The third kappa shape index (κ3) is 3.28. The highest BCUT2D eigenvalue weighted by atomic mass is 32.1. The van der Waals surface area contributed by atoms with Crippen LogP contribution in [-0.2, 0) is 12.8 Å². The molecular weight excluding hydrogens is 232 g/mol. The van der Waals surface area contributed by atoms with Crippen LogP contribution in [0, 0.1) is 0 Å². The molecular formula is C13H16N2OS. The molecule has 0 bridgehead atoms. The first-order chi connectivity index (χ1) is 8.31. The predicted octanol–water partition coefficient (Wildman–Crippen LogP) is 2.24. The molecule has 2 N–H and O–H groups in total. The van der Waals surface area contributed by atoms with Crippen molar-refractivity contribution < 1.29 is 4.74 Å². The predicted molar refractivity (Wildman–Crippen MR) is 70.7 cm³/mol. The first-order valence-electron chi connectivity index (χ1n) is 5.58. The molecule has 3 nitrogen and oxygen atoms in total. The number of hydrogen-bond acceptors (Lipinski definition) is 4. The van der Waals surface area contributed by atoms with Crippen molar-refractivity contribution in [3.05, 3.63) is 45.9 Å². The van der Waals surface area contributed by atoms with Gasteiger partial charge in [0.05, 0.1) is 17.8 Å². The monoisotopic (exact) mass is 248 g/mol. The molecule has 0 unspecified atom stereocenters. The lowest BCUT2D eigenvalue weighted by Crippen LogP contribution is -2.02. The zero-order valence-electron chi connectivity index (χ0n) is 9.85. The van der Waals surface area contributed by atoms with Gasteiger partial charge >= 0.3 is 0 Å². The highest BCUT2D eigenvalue weighted by molar-refractivity contribution is 7.09. The summed E-state index contributed by atoms with van der Waals surface area (Å²) in [6.07, 6.45) is 1.73. The second-order valence-electron chi connectivity index (χ2n) is 3.80. The van der Waals surface area contributed by atoms with Crippen molar-refractivity contribution in [3.8, 4) is 5.75 Å². The van der Waals surface area contributed by atoms with Gasteiger partial charge in [-0.2, -0.15) is 0 Å². The van der Waals surface area contributed by atoms with Gasteiger partial charge in [-0.25, -0.2) is 4.98 Å². The molecule has 0 aliphatic carbocycles. The summed E-state index contributed by atoms with van der Waals surface area (Å²) in [6, 6.07) is 8.10. The minimum atomic E-state index is 0.658. The van der Waals surface area contributed by atoms with E-state index in [0.717, 1.165) is 29.3 Å². The largest absolute Gasteiger partial charge is 0.497 e. The summed E-state index contributed by atoms with van der Waals surface area (Å²) in [6.45, 7) is 0.658. The quantitative estimate of drug-likeness (QED) is 0.882. The lowest BCUT2D eigenvalue weighted by atomic mass is 10.1. The van der Waals surface area contributed by atoms with E-state index >= 15 is 0 Å². The molecule has 4 heteroatoms. The standard InChI is InChI=1S/C13H16N2OS/c1-16-12-4-2-10(3-5-12)8-13-15-11(6-7-14)9-17-13/h2-5,9H,6-8,14H2,1H3. The Bertz CT molecular complexity index is 465. The Morgan fingerprint density at radius 3 is 2.71 bits per heavy atom. The van der Waals surface area contributed by atoms with Gasteiger partial charge in [0.2, 0.25) is 0 Å². The van der Waals surface area contributed by atoms with Crippen molar-refractivity contribution in [2.45, 2.75) is 12.8 Å². The molecule has 1 aromatic heterocycles. The van der Waals surface area contributed by atoms with E-state index in [9.17, 15) is 0 Å². The Labute approximate surface area is 105 Å². The van der Waals surface area contributed by atoms with Crippen LogP contribution >= 0.6 is 11.3 Å². The fraction of sp³-hybridized carbons (Fsp3) is 0.308. The molecule has 1 aromatic carbocycles. The van der Waals surface area contributed by atoms with Gasteiger partial charge in [-0.1, -0.05) is 12.1 Å². The third-order valence-corrected chi connectivity index (χ3v) is 3.41. The van der Waals surface area contributed by atoms with E-state index in [4.69, 9.17) is 10.5 Å². The van der Waals surface area contributed by atoms with E-state index in [1.54, 1.807) is 18.4 Å². The molecule has 0 radical (unpaired) electrons. The Hall–Kier alpha value is -1.39. The van der Waals surface area contributed by atoms with Crippen LogP contribution in [0.3, 0.4) is 0 Å². The normalized spacial score (nSPS) is 10.5. The summed E-state index contributed by atoms with van der Waals surface area (Å²) >= 11 is 1.70. The third-order valence-electron chi connectivity index (χ3n) is 2.51. The Morgan fingerprint density at radius 2 is 2.06 bits per heavy atom. The second-order valence-corrected chi connectivity index (χ2v) is 4.74. The van der Waals surface area contributed by atoms with E-state index in [0.29, 0.717) is 6.54 Å². The number of benzene rings is 1. The average Bonchev–Trinajstić information content (AvgIpc) is 2.78. The fourth-order valence-corrected chi connectivity index (χ4v) is 2.47. The molecule has 1 heterocycles. The summed E-state index contributed by atoms with van der Waals surface area (Å²) < 4.78 is 5.13. The first kappa shape index (κ1) is 12.1. The topological polar surface area (TPSA) is 48.1 Å². The van der Waals surface area contributed by atoms with E-state index in [1.807, 2.05) is 12.1 Å². The molecule has 2 aromatic rings. The molecule has 90 valence electrons. The highest BCUT2D eigenvalue weighted by Gasteiger charge is 2.03. The van der Waals surface area contributed by atoms with Crippen LogP contribution in [0.25, 0.3) is 0 Å². The van der Waals surface area contributed by atoms with Gasteiger partial charge in [0.25, 0.3) is 0 Å². The van der Waals surface area contributed by atoms with Gasteiger partial charge in [0, 0.05) is 18.2 Å². The number of nitrogens with zero attached hydrogens (tertiary/aromatic N) is 1. The Balaban J connectivity index is 2.03. The molecule has 2 rings (SSSR count). The van der Waals surface area contributed by atoms with Crippen molar-refractivity contribution in [2.24, 2.45) is 5.73 Å². The molecule has 0 saturated heterocycles. The zero-order valence-corrected chi connectivity index (χ0v) is 10.7. The van der Waals surface area contributed by atoms with Crippen LogP contribution in [0.5, 0.6) is 5.75 Å². The lowest BCUT2D eigenvalue weighted by molar-refractivity contribution is 0.414. The number of aromatic nitrogens is 1. The Morgan fingerprint density at radius 1 is 1.29 bits per heavy atom. The van der Waals surface area contributed by atoms with Gasteiger partial charge in [-0.05, 0) is 24.2 Å². The molecule has 17 heavy (non-hydrogen) atoms. The van der Waals surface area contributed by atoms with Gasteiger partial charge in [-0.3, -0.25) is 0 Å². The molecule has 0 amide bonds. The summed E-state index contributed by atoms with van der Waals surface area (Å²) in [5.74, 6) is 0.886. The summed E-state index contributed by atoms with van der Waals surface area (Å²) in [4.78, 5) is 4.55. The number of methoxy groups -OCH3 is 1. The zero-order chi connectivity index (χ0) is 12.1. The van der Waals surface area contributed by atoms with Crippen LogP contribution in [0.4, 0.5) is 0 Å². The van der Waals surface area contributed by atoms with E-state index in [2.05, 4.69) is 22.5 Å². The van der Waals surface area contributed by atoms with Crippen LogP contribution in [-0.4, -0.2) is 18.6 Å². The highest BCUT2D eigenvalue weighted by Crippen LogP contribution is 2.17. The van der Waals surface area contributed by atoms with Gasteiger partial charge < -0.3 is 10.5 Å². The maximum atomic E-state index is 5.51. The molecule has 0 atom stereocenters. The average molecular weight is 248 g/mol. The summed E-state index contributed by atoms with van der Waals surface area (Å²) in [5.41, 5.74) is 7.85. The van der Waals surface area contributed by atoms with E-state index < -0.39 is 0 Å². The van der Waals surface area contributed by atoms with Crippen LogP contribution in [0.2, 0.25) is 0 Å². The molecule has 0 aliphatic rings. The maximum Gasteiger partial charge on any atom is 0.118 e.